The molecule has 1 heterocycles. The molecular weight excluding hydrogens is 439 g/mol. The van der Waals surface area contributed by atoms with Gasteiger partial charge < -0.3 is 20.3 Å². The second-order valence-electron chi connectivity index (χ2n) is 7.54. The number of hydrogen-bond acceptors (Lipinski definition) is 4. The van der Waals surface area contributed by atoms with Gasteiger partial charge in [0.2, 0.25) is 5.91 Å². The summed E-state index contributed by atoms with van der Waals surface area (Å²) in [6.07, 6.45) is -3.86. The summed E-state index contributed by atoms with van der Waals surface area (Å²) in [6.45, 7) is -0.00633. The maximum Gasteiger partial charge on any atom is 0.412 e. The second kappa shape index (κ2) is 9.85. The Morgan fingerprint density at radius 1 is 1.15 bits per heavy atom. The van der Waals surface area contributed by atoms with E-state index in [0.29, 0.717) is 11.8 Å². The monoisotopic (exact) mass is 461 g/mol. The summed E-state index contributed by atoms with van der Waals surface area (Å²) >= 11 is 0. The van der Waals surface area contributed by atoms with Gasteiger partial charge in [0.15, 0.2) is 6.04 Å². The maximum absolute atomic E-state index is 13.6. The molecule has 1 aliphatic rings. The lowest BCUT2D eigenvalue weighted by molar-refractivity contribution is -0.155. The molecule has 3 amide bonds. The van der Waals surface area contributed by atoms with Crippen LogP contribution in [0.15, 0.2) is 48.5 Å². The van der Waals surface area contributed by atoms with Gasteiger partial charge >= 0.3 is 6.18 Å². The van der Waals surface area contributed by atoms with Gasteiger partial charge in [-0.25, -0.2) is 0 Å². The molecule has 2 atom stereocenters. The molecule has 7 nitrogen and oxygen atoms in total. The Morgan fingerprint density at radius 3 is 2.45 bits per heavy atom. The third-order valence-electron chi connectivity index (χ3n) is 5.42. The van der Waals surface area contributed by atoms with Gasteiger partial charge in [0, 0.05) is 31.1 Å². The average Bonchev–Trinajstić information content (AvgIpc) is 3.12. The van der Waals surface area contributed by atoms with Crippen LogP contribution in [0.4, 0.5) is 13.2 Å². The fourth-order valence-electron chi connectivity index (χ4n) is 3.77. The predicted octanol–water partition coefficient (Wildman–Crippen LogP) is 2.77. The van der Waals surface area contributed by atoms with Crippen molar-refractivity contribution in [1.82, 2.24) is 15.5 Å². The van der Waals surface area contributed by atoms with Gasteiger partial charge in [0.05, 0.1) is 0 Å². The van der Waals surface area contributed by atoms with Crippen molar-refractivity contribution in [3.05, 3.63) is 70.8 Å². The molecule has 0 saturated heterocycles. The number of amides is 3. The predicted molar refractivity (Wildman–Crippen MR) is 112 cm³/mol. The zero-order chi connectivity index (χ0) is 24.2. The van der Waals surface area contributed by atoms with Crippen molar-refractivity contribution >= 4 is 24.0 Å². The Hall–Kier alpha value is -3.69. The minimum atomic E-state index is -4.71. The minimum absolute atomic E-state index is 0.00633. The third-order valence-corrected chi connectivity index (χ3v) is 5.42. The lowest BCUT2D eigenvalue weighted by atomic mass is 10.0. The highest BCUT2D eigenvalue weighted by Crippen LogP contribution is 2.33. The first-order valence-electron chi connectivity index (χ1n) is 10.2. The average molecular weight is 461 g/mol. The van der Waals surface area contributed by atoms with Gasteiger partial charge in [-0.1, -0.05) is 30.3 Å². The molecule has 0 unspecified atom stereocenters. The van der Waals surface area contributed by atoms with E-state index in [1.165, 1.54) is 54.4 Å². The van der Waals surface area contributed by atoms with Crippen LogP contribution in [0.1, 0.15) is 50.7 Å². The minimum Gasteiger partial charge on any atom is -0.357 e. The summed E-state index contributed by atoms with van der Waals surface area (Å²) in [5, 5.41) is 4.48. The number of nitrogens with zero attached hydrogens (tertiary/aromatic N) is 1. The van der Waals surface area contributed by atoms with Crippen molar-refractivity contribution in [3.63, 3.8) is 0 Å². The molecule has 1 aliphatic heterocycles. The molecule has 2 aromatic carbocycles. The number of likely N-dealkylation sites (N-methyl/N-ethyl adjacent to an activating group) is 1. The van der Waals surface area contributed by atoms with Crippen LogP contribution in [-0.2, 0) is 16.1 Å². The summed E-state index contributed by atoms with van der Waals surface area (Å²) < 4.78 is 40.7. The summed E-state index contributed by atoms with van der Waals surface area (Å²) in [6, 6.07) is 7.92. The molecule has 0 aliphatic carbocycles. The number of alkyl halides is 3. The highest BCUT2D eigenvalue weighted by atomic mass is 19.4. The summed E-state index contributed by atoms with van der Waals surface area (Å²) in [4.78, 5) is 49.7. The van der Waals surface area contributed by atoms with Crippen molar-refractivity contribution in [1.29, 1.82) is 0 Å². The lowest BCUT2D eigenvalue weighted by Gasteiger charge is -2.25. The molecule has 0 aromatic heterocycles. The molecule has 0 radical (unpaired) electrons. The van der Waals surface area contributed by atoms with E-state index in [4.69, 9.17) is 0 Å². The van der Waals surface area contributed by atoms with E-state index in [1.54, 1.807) is 6.07 Å². The van der Waals surface area contributed by atoms with Crippen LogP contribution in [0.5, 0.6) is 0 Å². The van der Waals surface area contributed by atoms with Gasteiger partial charge in [-0.05, 0) is 35.7 Å². The van der Waals surface area contributed by atoms with Crippen LogP contribution in [0, 0.1) is 0 Å². The molecule has 33 heavy (non-hydrogen) atoms. The molecule has 10 heteroatoms. The van der Waals surface area contributed by atoms with E-state index in [9.17, 15) is 32.3 Å². The van der Waals surface area contributed by atoms with Crippen molar-refractivity contribution in [3.8, 4) is 0 Å². The fraction of sp³-hybridized carbons (Fsp3) is 0.304. The Morgan fingerprint density at radius 2 is 1.85 bits per heavy atom. The molecule has 174 valence electrons. The van der Waals surface area contributed by atoms with Crippen molar-refractivity contribution in [2.75, 3.05) is 7.05 Å². The first kappa shape index (κ1) is 24.0. The number of nitrogens with one attached hydrogen (secondary N) is 2. The van der Waals surface area contributed by atoms with E-state index in [0.717, 1.165) is 0 Å². The molecule has 2 N–H and O–H groups in total. The van der Waals surface area contributed by atoms with Gasteiger partial charge in [-0.3, -0.25) is 14.4 Å². The molecular formula is C23H22F3N3O4. The van der Waals surface area contributed by atoms with Crippen molar-refractivity contribution < 1.29 is 32.3 Å². The number of fused-ring (bicyclic) bond motifs is 1. The Labute approximate surface area is 187 Å². The number of benzene rings is 2. The van der Waals surface area contributed by atoms with Crippen molar-refractivity contribution in [2.24, 2.45) is 0 Å². The first-order chi connectivity index (χ1) is 15.7. The summed E-state index contributed by atoms with van der Waals surface area (Å²) in [5.74, 6) is -1.83. The lowest BCUT2D eigenvalue weighted by Crippen LogP contribution is -2.46. The normalized spacial score (nSPS) is 14.9. The van der Waals surface area contributed by atoms with E-state index in [2.05, 4.69) is 5.32 Å². The quantitative estimate of drug-likeness (QED) is 0.591. The highest BCUT2D eigenvalue weighted by Gasteiger charge is 2.42. The maximum atomic E-state index is 13.6. The topological polar surface area (TPSA) is 95.6 Å². The molecule has 3 rings (SSSR count). The molecule has 0 saturated carbocycles. The van der Waals surface area contributed by atoms with Gasteiger partial charge in [-0.2, -0.15) is 13.2 Å². The van der Waals surface area contributed by atoms with E-state index in [1.807, 2.05) is 5.32 Å². The number of halogens is 3. The first-order valence-corrected chi connectivity index (χ1v) is 10.2. The molecule has 0 bridgehead atoms. The third kappa shape index (κ3) is 5.21. The number of rotatable bonds is 8. The Kier molecular flexibility index (Phi) is 7.15. The number of carbonyl (C=O) groups is 4. The molecule has 0 fully saturated rings. The number of hydrogen-bond donors (Lipinski definition) is 2. The standard InChI is InChI=1S/C23H22F3N3O4/c1-27-21(32)18(8-5-11-30)29-13-16-12-15(9-10-17(16)22(29)33)20(31)28-19(23(24,25)26)14-6-3-2-4-7-14/h2-4,6-7,9-12,18-19H,5,8,13H2,1H3,(H,27,32)(H,28,31)/t18-,19-/m1/s1. The Bertz CT molecular complexity index is 1060. The van der Waals surface area contributed by atoms with Crippen LogP contribution < -0.4 is 10.6 Å². The summed E-state index contributed by atoms with van der Waals surface area (Å²) in [7, 11) is 1.41. The van der Waals surface area contributed by atoms with E-state index < -0.39 is 36.0 Å². The van der Waals surface area contributed by atoms with Crippen molar-refractivity contribution in [2.45, 2.75) is 37.6 Å². The van der Waals surface area contributed by atoms with Crippen LogP contribution in [0.25, 0.3) is 0 Å². The van der Waals surface area contributed by atoms with Crippen LogP contribution in [0.2, 0.25) is 0 Å². The largest absolute Gasteiger partial charge is 0.412 e. The molecule has 2 aromatic rings. The van der Waals surface area contributed by atoms with E-state index >= 15 is 0 Å². The van der Waals surface area contributed by atoms with Gasteiger partial charge in [-0.15, -0.1) is 0 Å². The molecule has 0 spiro atoms. The van der Waals surface area contributed by atoms with Gasteiger partial charge in [0.1, 0.15) is 12.3 Å². The smallest absolute Gasteiger partial charge is 0.357 e. The highest BCUT2D eigenvalue weighted by molar-refractivity contribution is 6.03. The number of carbonyl (C=O) groups excluding carboxylic acids is 4. The van der Waals surface area contributed by atoms with E-state index in [-0.39, 0.29) is 36.1 Å². The Balaban J connectivity index is 1.83. The van der Waals surface area contributed by atoms with Crippen LogP contribution >= 0.6 is 0 Å². The van der Waals surface area contributed by atoms with Crippen LogP contribution in [-0.4, -0.2) is 48.2 Å². The number of aldehydes is 1. The summed E-state index contributed by atoms with van der Waals surface area (Å²) in [5.41, 5.74) is 0.514. The second-order valence-corrected chi connectivity index (χ2v) is 7.54. The van der Waals surface area contributed by atoms with Gasteiger partial charge in [0.25, 0.3) is 11.8 Å². The SMILES string of the molecule is CNC(=O)[C@@H](CCC=O)N1Cc2cc(C(=O)N[C@H](c3ccccc3)C(F)(F)F)ccc2C1=O. The zero-order valence-corrected chi connectivity index (χ0v) is 17.7. The van der Waals surface area contributed by atoms with Crippen LogP contribution in [0.3, 0.4) is 0 Å². The fourth-order valence-corrected chi connectivity index (χ4v) is 3.77. The zero-order valence-electron chi connectivity index (χ0n) is 17.7.